The van der Waals surface area contributed by atoms with Gasteiger partial charge in [-0.15, -0.1) is 11.8 Å². The van der Waals surface area contributed by atoms with Crippen molar-refractivity contribution in [3.63, 3.8) is 0 Å². The molecule has 0 saturated carbocycles. The topological polar surface area (TPSA) is 66.9 Å². The minimum atomic E-state index is 0.0538. The molecular formula is C32H34N4O3S. The molecule has 0 atom stereocenters. The van der Waals surface area contributed by atoms with Gasteiger partial charge in [0.2, 0.25) is 5.91 Å². The molecule has 206 valence electrons. The number of carbonyl (C=O) groups is 1. The van der Waals surface area contributed by atoms with Gasteiger partial charge in [-0.1, -0.05) is 48.5 Å². The fourth-order valence-electron chi connectivity index (χ4n) is 5.12. The molecule has 0 bridgehead atoms. The van der Waals surface area contributed by atoms with Crippen molar-refractivity contribution in [2.75, 3.05) is 50.4 Å². The number of hydrogen-bond acceptors (Lipinski definition) is 7. The number of nitrogens with one attached hydrogen (secondary N) is 1. The lowest BCUT2D eigenvalue weighted by atomic mass is 10.1. The SMILES string of the molecule is O=C1CSc2cc(OCCCN3CCN(Cc4ccc5cccc(OCc6ccccc6)c5n4)CC3)ccc2N1. The monoisotopic (exact) mass is 554 g/mol. The van der Waals surface area contributed by atoms with Crippen molar-refractivity contribution in [2.24, 2.45) is 0 Å². The first-order valence-electron chi connectivity index (χ1n) is 13.9. The van der Waals surface area contributed by atoms with E-state index in [-0.39, 0.29) is 5.91 Å². The average Bonchev–Trinajstić information content (AvgIpc) is 2.99. The quantitative estimate of drug-likeness (QED) is 0.262. The van der Waals surface area contributed by atoms with Gasteiger partial charge in [-0.3, -0.25) is 9.69 Å². The van der Waals surface area contributed by atoms with Gasteiger partial charge < -0.3 is 19.7 Å². The molecule has 1 fully saturated rings. The Labute approximate surface area is 239 Å². The van der Waals surface area contributed by atoms with Gasteiger partial charge >= 0.3 is 0 Å². The van der Waals surface area contributed by atoms with Crippen LogP contribution >= 0.6 is 11.8 Å². The van der Waals surface area contributed by atoms with Crippen LogP contribution in [0, 0.1) is 0 Å². The lowest BCUT2D eigenvalue weighted by Gasteiger charge is -2.34. The molecule has 6 rings (SSSR count). The number of aromatic nitrogens is 1. The van der Waals surface area contributed by atoms with Crippen molar-refractivity contribution in [2.45, 2.75) is 24.5 Å². The maximum Gasteiger partial charge on any atom is 0.234 e. The number of nitrogens with zero attached hydrogens (tertiary/aromatic N) is 3. The Bertz CT molecular complexity index is 1460. The van der Waals surface area contributed by atoms with Gasteiger partial charge in [-0.05, 0) is 42.3 Å². The zero-order valence-electron chi connectivity index (χ0n) is 22.6. The first-order chi connectivity index (χ1) is 19.7. The van der Waals surface area contributed by atoms with E-state index < -0.39 is 0 Å². The number of fused-ring (bicyclic) bond motifs is 2. The second-order valence-corrected chi connectivity index (χ2v) is 11.2. The van der Waals surface area contributed by atoms with Crippen molar-refractivity contribution in [1.82, 2.24) is 14.8 Å². The molecule has 0 aliphatic carbocycles. The van der Waals surface area contributed by atoms with Crippen LogP contribution in [0.2, 0.25) is 0 Å². The highest BCUT2D eigenvalue weighted by molar-refractivity contribution is 8.00. The summed E-state index contributed by atoms with van der Waals surface area (Å²) in [7, 11) is 0. The molecule has 3 heterocycles. The number of carbonyl (C=O) groups excluding carboxylic acids is 1. The van der Waals surface area contributed by atoms with Gasteiger partial charge in [0.25, 0.3) is 0 Å². The van der Waals surface area contributed by atoms with Crippen LogP contribution in [0.5, 0.6) is 11.5 Å². The Morgan fingerprint density at radius 1 is 0.875 bits per heavy atom. The van der Waals surface area contributed by atoms with Gasteiger partial charge in [0, 0.05) is 49.6 Å². The smallest absolute Gasteiger partial charge is 0.234 e. The Morgan fingerprint density at radius 3 is 2.60 bits per heavy atom. The van der Waals surface area contributed by atoms with E-state index in [9.17, 15) is 4.79 Å². The van der Waals surface area contributed by atoms with Crippen molar-refractivity contribution >= 4 is 34.3 Å². The van der Waals surface area contributed by atoms with E-state index in [1.807, 2.05) is 48.5 Å². The van der Waals surface area contributed by atoms with Crippen LogP contribution in [0.15, 0.2) is 83.8 Å². The highest BCUT2D eigenvalue weighted by Gasteiger charge is 2.18. The Morgan fingerprint density at radius 2 is 1.73 bits per heavy atom. The molecule has 1 saturated heterocycles. The molecular weight excluding hydrogens is 520 g/mol. The molecule has 3 aromatic carbocycles. The Kier molecular flexibility index (Phi) is 8.47. The lowest BCUT2D eigenvalue weighted by molar-refractivity contribution is -0.113. The third-order valence-electron chi connectivity index (χ3n) is 7.30. The predicted molar refractivity (Wildman–Crippen MR) is 160 cm³/mol. The first-order valence-corrected chi connectivity index (χ1v) is 14.9. The molecule has 0 unspecified atom stereocenters. The highest BCUT2D eigenvalue weighted by Crippen LogP contribution is 2.34. The molecule has 0 spiro atoms. The third-order valence-corrected chi connectivity index (χ3v) is 8.36. The van der Waals surface area contributed by atoms with Crippen LogP contribution in [0.3, 0.4) is 0 Å². The predicted octanol–water partition coefficient (Wildman–Crippen LogP) is 5.44. The second-order valence-electron chi connectivity index (χ2n) is 10.2. The van der Waals surface area contributed by atoms with Crippen molar-refractivity contribution in [3.8, 4) is 11.5 Å². The molecule has 2 aliphatic rings. The van der Waals surface area contributed by atoms with Gasteiger partial charge in [-0.25, -0.2) is 4.98 Å². The van der Waals surface area contributed by atoms with Crippen LogP contribution in [0.25, 0.3) is 10.9 Å². The first kappa shape index (κ1) is 26.6. The van der Waals surface area contributed by atoms with E-state index in [1.54, 1.807) is 11.8 Å². The summed E-state index contributed by atoms with van der Waals surface area (Å²) >= 11 is 1.56. The molecule has 4 aromatic rings. The largest absolute Gasteiger partial charge is 0.494 e. The van der Waals surface area contributed by atoms with Crippen LogP contribution in [0.4, 0.5) is 5.69 Å². The molecule has 40 heavy (non-hydrogen) atoms. The van der Waals surface area contributed by atoms with E-state index in [2.05, 4.69) is 45.4 Å². The number of pyridine rings is 1. The van der Waals surface area contributed by atoms with E-state index in [1.165, 1.54) is 0 Å². The fourth-order valence-corrected chi connectivity index (χ4v) is 5.96. The number of para-hydroxylation sites is 1. The minimum Gasteiger partial charge on any atom is -0.494 e. The third kappa shape index (κ3) is 6.75. The summed E-state index contributed by atoms with van der Waals surface area (Å²) in [6.45, 7) is 7.25. The summed E-state index contributed by atoms with van der Waals surface area (Å²) in [4.78, 5) is 22.6. The number of thioether (sulfide) groups is 1. The summed E-state index contributed by atoms with van der Waals surface area (Å²) in [5.41, 5.74) is 4.03. The zero-order chi connectivity index (χ0) is 27.1. The number of benzene rings is 3. The molecule has 1 aromatic heterocycles. The van der Waals surface area contributed by atoms with E-state index in [0.29, 0.717) is 19.0 Å². The number of anilines is 1. The highest BCUT2D eigenvalue weighted by atomic mass is 32.2. The average molecular weight is 555 g/mol. The number of rotatable bonds is 10. The Balaban J connectivity index is 0.956. The summed E-state index contributed by atoms with van der Waals surface area (Å²) < 4.78 is 12.2. The number of amides is 1. The van der Waals surface area contributed by atoms with Gasteiger partial charge in [0.15, 0.2) is 0 Å². The summed E-state index contributed by atoms with van der Waals surface area (Å²) in [5, 5.41) is 4.00. The van der Waals surface area contributed by atoms with Crippen molar-refractivity contribution < 1.29 is 14.3 Å². The normalized spacial score (nSPS) is 15.9. The van der Waals surface area contributed by atoms with Gasteiger partial charge in [-0.2, -0.15) is 0 Å². The Hall–Kier alpha value is -3.59. The summed E-state index contributed by atoms with van der Waals surface area (Å²) in [6, 6.07) is 26.5. The standard InChI is InChI=1S/C32H34N4O3S/c37-31-23-40-30-20-27(12-13-28(30)34-31)38-19-5-14-35-15-17-36(18-16-35)21-26-11-10-25-8-4-9-29(32(25)33-26)39-22-24-6-2-1-3-7-24/h1-4,6-13,20H,5,14-19,21-23H2,(H,34,37). The van der Waals surface area contributed by atoms with E-state index in [4.69, 9.17) is 14.5 Å². The molecule has 7 nitrogen and oxygen atoms in total. The van der Waals surface area contributed by atoms with Crippen molar-refractivity contribution in [1.29, 1.82) is 0 Å². The van der Waals surface area contributed by atoms with E-state index in [0.717, 1.165) is 89.9 Å². The molecule has 0 radical (unpaired) electrons. The van der Waals surface area contributed by atoms with Crippen LogP contribution < -0.4 is 14.8 Å². The van der Waals surface area contributed by atoms with Crippen LogP contribution in [-0.2, 0) is 17.9 Å². The molecule has 1 N–H and O–H groups in total. The number of ether oxygens (including phenoxy) is 2. The van der Waals surface area contributed by atoms with Crippen LogP contribution in [0.1, 0.15) is 17.7 Å². The van der Waals surface area contributed by atoms with Gasteiger partial charge in [0.05, 0.1) is 23.7 Å². The number of piperazine rings is 1. The molecule has 8 heteroatoms. The lowest BCUT2D eigenvalue weighted by Crippen LogP contribution is -2.46. The second kappa shape index (κ2) is 12.7. The summed E-state index contributed by atoms with van der Waals surface area (Å²) in [6.07, 6.45) is 0.985. The zero-order valence-corrected chi connectivity index (χ0v) is 23.4. The minimum absolute atomic E-state index is 0.0538. The van der Waals surface area contributed by atoms with E-state index >= 15 is 0 Å². The molecule has 1 amide bonds. The molecule has 2 aliphatic heterocycles. The maximum absolute atomic E-state index is 11.5. The maximum atomic E-state index is 11.5. The summed E-state index contributed by atoms with van der Waals surface area (Å²) in [5.74, 6) is 2.21. The fraction of sp³-hybridized carbons (Fsp3) is 0.312. The van der Waals surface area contributed by atoms with Crippen molar-refractivity contribution in [3.05, 3.63) is 90.1 Å². The van der Waals surface area contributed by atoms with Crippen LogP contribution in [-0.4, -0.2) is 65.8 Å². The van der Waals surface area contributed by atoms with Gasteiger partial charge in [0.1, 0.15) is 23.6 Å². The number of hydrogen-bond donors (Lipinski definition) is 1.